The first-order valence-corrected chi connectivity index (χ1v) is 10.2. The average Bonchev–Trinajstić information content (AvgIpc) is 3.43. The van der Waals surface area contributed by atoms with E-state index in [-0.39, 0.29) is 11.3 Å². The second kappa shape index (κ2) is 9.54. The van der Waals surface area contributed by atoms with Crippen molar-refractivity contribution in [3.05, 3.63) is 42.5 Å². The van der Waals surface area contributed by atoms with Crippen LogP contribution in [0, 0.1) is 5.41 Å². The summed E-state index contributed by atoms with van der Waals surface area (Å²) in [4.78, 5) is 23.2. The summed E-state index contributed by atoms with van der Waals surface area (Å²) in [7, 11) is 3.68. The van der Waals surface area contributed by atoms with Gasteiger partial charge in [-0.3, -0.25) is 4.79 Å². The third-order valence-corrected chi connectivity index (χ3v) is 5.40. The van der Waals surface area contributed by atoms with Gasteiger partial charge in [0, 0.05) is 27.2 Å². The van der Waals surface area contributed by atoms with Crippen LogP contribution in [-0.2, 0) is 11.3 Å². The lowest BCUT2D eigenvalue weighted by Crippen LogP contribution is -2.49. The topological polar surface area (TPSA) is 87.4 Å². The van der Waals surface area contributed by atoms with E-state index in [9.17, 15) is 4.79 Å². The largest absolute Gasteiger partial charge is 0.357 e. The van der Waals surface area contributed by atoms with E-state index in [0.29, 0.717) is 13.1 Å². The first-order valence-electron chi connectivity index (χ1n) is 10.2. The zero-order valence-corrected chi connectivity index (χ0v) is 17.6. The molecule has 1 aromatic carbocycles. The number of aromatic nitrogens is 3. The Labute approximate surface area is 172 Å². The van der Waals surface area contributed by atoms with Gasteiger partial charge in [-0.15, -0.1) is 0 Å². The second-order valence-electron chi connectivity index (χ2n) is 7.74. The molecule has 0 aliphatic heterocycles. The summed E-state index contributed by atoms with van der Waals surface area (Å²) < 4.78 is 1.72. The van der Waals surface area contributed by atoms with Gasteiger partial charge in [0.25, 0.3) is 0 Å². The molecule has 0 radical (unpaired) electrons. The van der Waals surface area contributed by atoms with Crippen LogP contribution in [0.15, 0.2) is 41.9 Å². The molecule has 1 heterocycles. The maximum absolute atomic E-state index is 12.8. The van der Waals surface area contributed by atoms with Crippen molar-refractivity contribution in [2.45, 2.75) is 39.2 Å². The fourth-order valence-electron chi connectivity index (χ4n) is 3.85. The van der Waals surface area contributed by atoms with E-state index < -0.39 is 0 Å². The molecule has 0 unspecified atom stereocenters. The summed E-state index contributed by atoms with van der Waals surface area (Å²) in [5.74, 6) is 0.952. The van der Waals surface area contributed by atoms with E-state index >= 15 is 0 Å². The minimum Gasteiger partial charge on any atom is -0.357 e. The molecule has 8 heteroatoms. The van der Waals surface area contributed by atoms with Gasteiger partial charge in [0.1, 0.15) is 12.7 Å². The second-order valence-corrected chi connectivity index (χ2v) is 7.74. The minimum atomic E-state index is -0.320. The van der Waals surface area contributed by atoms with Crippen LogP contribution in [-0.4, -0.2) is 58.7 Å². The van der Waals surface area contributed by atoms with Crippen molar-refractivity contribution in [1.82, 2.24) is 30.3 Å². The number of nitrogens with zero attached hydrogens (tertiary/aromatic N) is 5. The van der Waals surface area contributed by atoms with Crippen LogP contribution in [0.5, 0.6) is 0 Å². The van der Waals surface area contributed by atoms with Crippen molar-refractivity contribution in [1.29, 1.82) is 0 Å². The molecule has 0 saturated heterocycles. The molecule has 1 fully saturated rings. The Bertz CT molecular complexity index is 806. The Morgan fingerprint density at radius 1 is 1.21 bits per heavy atom. The van der Waals surface area contributed by atoms with Crippen molar-refractivity contribution in [3.63, 3.8) is 0 Å². The molecule has 3 rings (SSSR count). The predicted molar refractivity (Wildman–Crippen MR) is 114 cm³/mol. The number of hydrogen-bond donors (Lipinski definition) is 2. The van der Waals surface area contributed by atoms with Gasteiger partial charge >= 0.3 is 0 Å². The van der Waals surface area contributed by atoms with Crippen LogP contribution < -0.4 is 10.6 Å². The number of rotatable bonds is 7. The van der Waals surface area contributed by atoms with Crippen LogP contribution in [0.3, 0.4) is 0 Å². The monoisotopic (exact) mass is 397 g/mol. The van der Waals surface area contributed by atoms with E-state index in [4.69, 9.17) is 4.99 Å². The molecule has 1 amide bonds. The van der Waals surface area contributed by atoms with Crippen LogP contribution in [0.2, 0.25) is 0 Å². The quantitative estimate of drug-likeness (QED) is 0.551. The van der Waals surface area contributed by atoms with E-state index in [1.807, 2.05) is 45.3 Å². The minimum absolute atomic E-state index is 0.210. The molecular weight excluding hydrogens is 366 g/mol. The van der Waals surface area contributed by atoms with Crippen molar-refractivity contribution in [2.24, 2.45) is 10.4 Å². The zero-order valence-electron chi connectivity index (χ0n) is 17.6. The molecule has 1 saturated carbocycles. The first kappa shape index (κ1) is 20.8. The van der Waals surface area contributed by atoms with Gasteiger partial charge < -0.3 is 15.5 Å². The van der Waals surface area contributed by atoms with E-state index in [2.05, 4.69) is 20.7 Å². The van der Waals surface area contributed by atoms with E-state index in [1.165, 1.54) is 6.33 Å². The lowest BCUT2D eigenvalue weighted by Gasteiger charge is -2.31. The van der Waals surface area contributed by atoms with Gasteiger partial charge in [0.15, 0.2) is 5.96 Å². The van der Waals surface area contributed by atoms with Gasteiger partial charge in [-0.25, -0.2) is 14.7 Å². The van der Waals surface area contributed by atoms with E-state index in [1.54, 1.807) is 15.9 Å². The van der Waals surface area contributed by atoms with Crippen molar-refractivity contribution >= 4 is 11.9 Å². The SMILES string of the molecule is CCNC(=NCc1ccc(-n2cncn2)cc1)NCC1(C(=O)N(C)C)CCCC1. The van der Waals surface area contributed by atoms with E-state index in [0.717, 1.165) is 49.4 Å². The highest BCUT2D eigenvalue weighted by Crippen LogP contribution is 2.38. The molecule has 8 nitrogen and oxygen atoms in total. The molecule has 1 aromatic heterocycles. The molecule has 156 valence electrons. The number of aliphatic imine (C=N–C) groups is 1. The lowest BCUT2D eigenvalue weighted by atomic mass is 9.84. The maximum atomic E-state index is 12.8. The Morgan fingerprint density at radius 3 is 2.52 bits per heavy atom. The number of hydrogen-bond acceptors (Lipinski definition) is 4. The number of amides is 1. The molecule has 2 aromatic rings. The lowest BCUT2D eigenvalue weighted by molar-refractivity contribution is -0.138. The van der Waals surface area contributed by atoms with Crippen LogP contribution in [0.25, 0.3) is 5.69 Å². The van der Waals surface area contributed by atoms with Crippen LogP contribution >= 0.6 is 0 Å². The highest BCUT2D eigenvalue weighted by atomic mass is 16.2. The van der Waals surface area contributed by atoms with Gasteiger partial charge in [-0.1, -0.05) is 25.0 Å². The average molecular weight is 398 g/mol. The summed E-state index contributed by atoms with van der Waals surface area (Å²) in [6.45, 7) is 3.98. The summed E-state index contributed by atoms with van der Waals surface area (Å²) in [5, 5.41) is 10.8. The number of carbonyl (C=O) groups excluding carboxylic acids is 1. The van der Waals surface area contributed by atoms with Gasteiger partial charge in [0.05, 0.1) is 17.6 Å². The molecular formula is C21H31N7O. The van der Waals surface area contributed by atoms with Crippen LogP contribution in [0.1, 0.15) is 38.2 Å². The smallest absolute Gasteiger partial charge is 0.230 e. The summed E-state index contributed by atoms with van der Waals surface area (Å²) >= 11 is 0. The fourth-order valence-corrected chi connectivity index (χ4v) is 3.85. The first-order chi connectivity index (χ1) is 14.0. The van der Waals surface area contributed by atoms with Crippen molar-refractivity contribution < 1.29 is 4.79 Å². The molecule has 1 aliphatic carbocycles. The number of nitrogens with one attached hydrogen (secondary N) is 2. The third-order valence-electron chi connectivity index (χ3n) is 5.40. The highest BCUT2D eigenvalue weighted by Gasteiger charge is 2.42. The molecule has 0 spiro atoms. The molecule has 0 atom stereocenters. The molecule has 0 bridgehead atoms. The van der Waals surface area contributed by atoms with Crippen LogP contribution in [0.4, 0.5) is 0 Å². The predicted octanol–water partition coefficient (Wildman–Crippen LogP) is 1.97. The number of benzene rings is 1. The summed E-state index contributed by atoms with van der Waals surface area (Å²) in [6.07, 6.45) is 7.26. The molecule has 1 aliphatic rings. The van der Waals surface area contributed by atoms with Gasteiger partial charge in [0.2, 0.25) is 5.91 Å². The van der Waals surface area contributed by atoms with Crippen molar-refractivity contribution in [3.8, 4) is 5.69 Å². The summed E-state index contributed by atoms with van der Waals surface area (Å²) in [6, 6.07) is 8.09. The Hall–Kier alpha value is -2.90. The highest BCUT2D eigenvalue weighted by molar-refractivity contribution is 5.85. The zero-order chi connectivity index (χ0) is 20.7. The third kappa shape index (κ3) is 5.13. The molecule has 2 N–H and O–H groups in total. The Morgan fingerprint density at radius 2 is 1.93 bits per heavy atom. The Kier molecular flexibility index (Phi) is 6.85. The number of guanidine groups is 1. The van der Waals surface area contributed by atoms with Gasteiger partial charge in [-0.05, 0) is 37.5 Å². The van der Waals surface area contributed by atoms with Gasteiger partial charge in [-0.2, -0.15) is 5.10 Å². The maximum Gasteiger partial charge on any atom is 0.230 e. The number of carbonyl (C=O) groups is 1. The fraction of sp³-hybridized carbons (Fsp3) is 0.524. The Balaban J connectivity index is 1.64. The standard InChI is InChI=1S/C21H31N7O/c1-4-23-20(25-14-21(11-5-6-12-21)19(29)27(2)3)24-13-17-7-9-18(10-8-17)28-16-22-15-26-28/h7-10,15-16H,4-6,11-14H2,1-3H3,(H2,23,24,25). The van der Waals surface area contributed by atoms with Crippen molar-refractivity contribution in [2.75, 3.05) is 27.2 Å². The summed E-state index contributed by atoms with van der Waals surface area (Å²) in [5.41, 5.74) is 1.75. The normalized spacial score (nSPS) is 15.9. The molecule has 29 heavy (non-hydrogen) atoms.